The highest BCUT2D eigenvalue weighted by molar-refractivity contribution is 6.14. The summed E-state index contributed by atoms with van der Waals surface area (Å²) in [5.41, 5.74) is 2.39. The van der Waals surface area contributed by atoms with Crippen LogP contribution in [0.25, 0.3) is 0 Å². The number of amidine groups is 1. The van der Waals surface area contributed by atoms with Gasteiger partial charge in [0.1, 0.15) is 11.8 Å². The molecule has 0 aromatic heterocycles. The van der Waals surface area contributed by atoms with Gasteiger partial charge in [0.15, 0.2) is 6.17 Å². The second-order valence-electron chi connectivity index (χ2n) is 10.2. The standard InChI is InChI=1S/C28H35FN8O2/c29-24-18-32-28(35-26(24)21-15-20(16-30)27(31-17-21)37-9-3-4-10-37)34-23-6-2-1-5-22(7-8-23)33-25(38)19-36-11-13-39-14-12-36/h5,7-8,15,18,20,24,28H,1-4,6,9-14,17,19H2,(H,33,38). The summed E-state index contributed by atoms with van der Waals surface area (Å²) in [6.45, 7) is 5.24. The van der Waals surface area contributed by atoms with Gasteiger partial charge in [0.25, 0.3) is 0 Å². The van der Waals surface area contributed by atoms with E-state index in [1.54, 1.807) is 6.08 Å². The van der Waals surface area contributed by atoms with E-state index < -0.39 is 18.4 Å². The molecule has 10 nitrogen and oxygen atoms in total. The van der Waals surface area contributed by atoms with Crippen LogP contribution in [0.3, 0.4) is 0 Å². The molecule has 3 atom stereocenters. The minimum atomic E-state index is -1.46. The van der Waals surface area contributed by atoms with Crippen LogP contribution in [-0.2, 0) is 9.53 Å². The maximum atomic E-state index is 14.9. The van der Waals surface area contributed by atoms with Gasteiger partial charge in [-0.3, -0.25) is 14.7 Å². The van der Waals surface area contributed by atoms with E-state index >= 15 is 0 Å². The average molecular weight is 535 g/mol. The number of likely N-dealkylation sites (tertiary alicyclic amines) is 1. The number of dihydropyridines is 1. The number of hydrogen-bond donors (Lipinski definition) is 1. The van der Waals surface area contributed by atoms with Gasteiger partial charge in [-0.25, -0.2) is 19.4 Å². The highest BCUT2D eigenvalue weighted by atomic mass is 19.1. The molecule has 5 aliphatic rings. The van der Waals surface area contributed by atoms with Crippen molar-refractivity contribution in [2.45, 2.75) is 44.6 Å². The fourth-order valence-electron chi connectivity index (χ4n) is 5.26. The molecule has 5 rings (SSSR count). The van der Waals surface area contributed by atoms with Crippen molar-refractivity contribution in [1.29, 1.82) is 5.26 Å². The van der Waals surface area contributed by atoms with Gasteiger partial charge in [-0.15, -0.1) is 0 Å². The smallest absolute Gasteiger partial charge is 0.238 e. The molecule has 4 heterocycles. The topological polar surface area (TPSA) is 118 Å². The van der Waals surface area contributed by atoms with Crippen LogP contribution in [0.15, 0.2) is 55.5 Å². The summed E-state index contributed by atoms with van der Waals surface area (Å²) in [6, 6.07) is 2.30. The number of ether oxygens (including phenoxy) is 1. The Morgan fingerprint density at radius 3 is 2.82 bits per heavy atom. The molecule has 11 heteroatoms. The Kier molecular flexibility index (Phi) is 9.06. The van der Waals surface area contributed by atoms with Crippen molar-refractivity contribution >= 4 is 29.4 Å². The number of halogens is 1. The van der Waals surface area contributed by atoms with Crippen LogP contribution in [0.4, 0.5) is 4.39 Å². The van der Waals surface area contributed by atoms with Crippen molar-refractivity contribution in [3.05, 3.63) is 35.6 Å². The predicted octanol–water partition coefficient (Wildman–Crippen LogP) is 2.22. The highest BCUT2D eigenvalue weighted by Gasteiger charge is 2.30. The zero-order valence-electron chi connectivity index (χ0n) is 22.1. The summed E-state index contributed by atoms with van der Waals surface area (Å²) in [5, 5.41) is 12.7. The maximum absolute atomic E-state index is 14.9. The first kappa shape index (κ1) is 27.1. The van der Waals surface area contributed by atoms with E-state index in [1.165, 1.54) is 6.21 Å². The van der Waals surface area contributed by atoms with Gasteiger partial charge in [0.2, 0.25) is 12.2 Å². The fraction of sp³-hybridized carbons (Fsp3) is 0.571. The summed E-state index contributed by atoms with van der Waals surface area (Å²) in [4.78, 5) is 34.8. The molecule has 0 saturated carbocycles. The molecule has 206 valence electrons. The van der Waals surface area contributed by atoms with Crippen molar-refractivity contribution < 1.29 is 13.9 Å². The Morgan fingerprint density at radius 1 is 1.21 bits per heavy atom. The molecule has 39 heavy (non-hydrogen) atoms. The second-order valence-corrected chi connectivity index (χ2v) is 10.2. The molecule has 0 bridgehead atoms. The lowest BCUT2D eigenvalue weighted by molar-refractivity contribution is -0.122. The number of hydrogen-bond acceptors (Lipinski definition) is 9. The number of allylic oxidation sites excluding steroid dienone is 3. The molecule has 0 spiro atoms. The number of morpholine rings is 1. The molecule has 1 N–H and O–H groups in total. The number of rotatable bonds is 5. The summed E-state index contributed by atoms with van der Waals surface area (Å²) < 4.78 is 20.2. The largest absolute Gasteiger partial charge is 0.379 e. The molecule has 2 fully saturated rings. The quantitative estimate of drug-likeness (QED) is 0.580. The molecule has 1 aliphatic carbocycles. The van der Waals surface area contributed by atoms with Crippen LogP contribution in [0.5, 0.6) is 0 Å². The third-order valence-corrected chi connectivity index (χ3v) is 7.31. The summed E-state index contributed by atoms with van der Waals surface area (Å²) >= 11 is 0. The molecule has 2 saturated heterocycles. The third kappa shape index (κ3) is 7.13. The maximum Gasteiger partial charge on any atom is 0.238 e. The molecule has 3 unspecified atom stereocenters. The Labute approximate surface area is 228 Å². The summed E-state index contributed by atoms with van der Waals surface area (Å²) in [6.07, 6.45) is 11.1. The van der Waals surface area contributed by atoms with Crippen LogP contribution in [0, 0.1) is 17.2 Å². The number of nitrogens with one attached hydrogen (secondary N) is 1. The molecule has 1 amide bonds. The molecule has 4 aliphatic heterocycles. The van der Waals surface area contributed by atoms with Crippen molar-refractivity contribution in [1.82, 2.24) is 15.1 Å². The second kappa shape index (κ2) is 13.0. The number of carbonyl (C=O) groups is 1. The predicted molar refractivity (Wildman–Crippen MR) is 149 cm³/mol. The van der Waals surface area contributed by atoms with Crippen LogP contribution in [0.1, 0.15) is 32.1 Å². The van der Waals surface area contributed by atoms with E-state index in [9.17, 15) is 14.4 Å². The number of nitriles is 1. The lowest BCUT2D eigenvalue weighted by Gasteiger charge is -2.27. The minimum absolute atomic E-state index is 0.0565. The molecular weight excluding hydrogens is 499 g/mol. The van der Waals surface area contributed by atoms with Gasteiger partial charge in [-0.1, -0.05) is 12.2 Å². The van der Waals surface area contributed by atoms with E-state index in [-0.39, 0.29) is 11.6 Å². The van der Waals surface area contributed by atoms with Crippen LogP contribution in [0.2, 0.25) is 0 Å². The monoisotopic (exact) mass is 534 g/mol. The first-order valence-corrected chi connectivity index (χ1v) is 13.8. The highest BCUT2D eigenvalue weighted by Crippen LogP contribution is 2.23. The molecule has 0 radical (unpaired) electrons. The molecule has 0 aromatic carbocycles. The van der Waals surface area contributed by atoms with Gasteiger partial charge >= 0.3 is 0 Å². The van der Waals surface area contributed by atoms with Gasteiger partial charge in [-0.05, 0) is 49.8 Å². The molecule has 0 aromatic rings. The minimum Gasteiger partial charge on any atom is -0.379 e. The van der Waals surface area contributed by atoms with E-state index in [0.29, 0.717) is 31.9 Å². The number of nitrogens with zero attached hydrogens (tertiary/aromatic N) is 7. The van der Waals surface area contributed by atoms with E-state index in [2.05, 4.69) is 41.2 Å². The van der Waals surface area contributed by atoms with Crippen molar-refractivity contribution in [3.8, 4) is 6.07 Å². The SMILES string of the molecule is N#CC1C=C(C2=NC(N=C3C=CC(NC(=O)CN4CCOCC4)=CCCC3)N=CC2F)CN=C1N1CCCC1. The average Bonchev–Trinajstić information content (AvgIpc) is 3.48. The zero-order valence-corrected chi connectivity index (χ0v) is 22.1. The first-order valence-electron chi connectivity index (χ1n) is 13.8. The summed E-state index contributed by atoms with van der Waals surface area (Å²) in [5.74, 6) is 0.207. The Hall–Kier alpha value is -3.49. The van der Waals surface area contributed by atoms with Gasteiger partial charge in [0.05, 0.1) is 38.1 Å². The first-order chi connectivity index (χ1) is 19.1. The number of alkyl halides is 1. The summed E-state index contributed by atoms with van der Waals surface area (Å²) in [7, 11) is 0. The van der Waals surface area contributed by atoms with Crippen LogP contribution in [-0.4, -0.2) is 104 Å². The van der Waals surface area contributed by atoms with E-state index in [4.69, 9.17) is 4.74 Å². The van der Waals surface area contributed by atoms with Crippen LogP contribution < -0.4 is 5.32 Å². The zero-order chi connectivity index (χ0) is 27.0. The lowest BCUT2D eigenvalue weighted by atomic mass is 9.96. The van der Waals surface area contributed by atoms with Crippen molar-refractivity contribution in [2.24, 2.45) is 25.9 Å². The van der Waals surface area contributed by atoms with Crippen molar-refractivity contribution in [2.75, 3.05) is 52.5 Å². The fourth-order valence-corrected chi connectivity index (χ4v) is 5.26. The number of aliphatic imine (C=N–C) groups is 4. The Bertz CT molecular complexity index is 1180. The van der Waals surface area contributed by atoms with Crippen molar-refractivity contribution in [3.63, 3.8) is 0 Å². The van der Waals surface area contributed by atoms with E-state index in [0.717, 1.165) is 75.5 Å². The molecular formula is C28H35FN8O2. The van der Waals surface area contributed by atoms with Gasteiger partial charge in [0, 0.05) is 43.8 Å². The Balaban J connectivity index is 1.24. The van der Waals surface area contributed by atoms with E-state index in [1.807, 2.05) is 18.2 Å². The third-order valence-electron chi connectivity index (χ3n) is 7.31. The number of amides is 1. The lowest BCUT2D eigenvalue weighted by Crippen LogP contribution is -2.42. The van der Waals surface area contributed by atoms with Crippen LogP contribution >= 0.6 is 0 Å². The van der Waals surface area contributed by atoms with Gasteiger partial charge < -0.3 is 15.0 Å². The normalized spacial score (nSPS) is 29.1. The Morgan fingerprint density at radius 2 is 2.03 bits per heavy atom. The van der Waals surface area contributed by atoms with Gasteiger partial charge in [-0.2, -0.15) is 5.26 Å². The number of carbonyl (C=O) groups excluding carboxylic acids is 1.